The largest absolute Gasteiger partial charge is 0.497 e. The van der Waals surface area contributed by atoms with Crippen LogP contribution >= 0.6 is 0 Å². The van der Waals surface area contributed by atoms with E-state index >= 15 is 0 Å². The summed E-state index contributed by atoms with van der Waals surface area (Å²) in [6.45, 7) is 4.05. The molecule has 2 heterocycles. The Morgan fingerprint density at radius 1 is 1.09 bits per heavy atom. The molecule has 118 valence electrons. The van der Waals surface area contributed by atoms with Gasteiger partial charge in [-0.15, -0.1) is 0 Å². The number of imide groups is 1. The summed E-state index contributed by atoms with van der Waals surface area (Å²) in [4.78, 5) is 28.5. The summed E-state index contributed by atoms with van der Waals surface area (Å²) in [6.07, 6.45) is 2.49. The Kier molecular flexibility index (Phi) is 4.16. The maximum Gasteiger partial charge on any atom is 0.251 e. The lowest BCUT2D eigenvalue weighted by molar-refractivity contribution is -0.123. The molecule has 1 aromatic rings. The van der Waals surface area contributed by atoms with Crippen LogP contribution in [-0.4, -0.2) is 43.0 Å². The Morgan fingerprint density at radius 2 is 1.73 bits per heavy atom. The summed E-state index contributed by atoms with van der Waals surface area (Å²) < 4.78 is 5.12. The van der Waals surface area contributed by atoms with Crippen molar-refractivity contribution in [3.05, 3.63) is 24.3 Å². The summed E-state index contributed by atoms with van der Waals surface area (Å²) >= 11 is 0. The van der Waals surface area contributed by atoms with E-state index in [1.807, 2.05) is 0 Å². The van der Waals surface area contributed by atoms with Crippen LogP contribution in [0.5, 0.6) is 5.75 Å². The predicted octanol–water partition coefficient (Wildman–Crippen LogP) is 2.06. The number of hydrogen-bond acceptors (Lipinski definition) is 4. The fraction of sp³-hybridized carbons (Fsp3) is 0.529. The van der Waals surface area contributed by atoms with Crippen LogP contribution in [0.25, 0.3) is 0 Å². The summed E-state index contributed by atoms with van der Waals surface area (Å²) in [5, 5.41) is 0. The van der Waals surface area contributed by atoms with Gasteiger partial charge in [-0.2, -0.15) is 0 Å². The third kappa shape index (κ3) is 2.73. The second-order valence-corrected chi connectivity index (χ2v) is 6.20. The number of benzene rings is 1. The molecule has 2 amide bonds. The summed E-state index contributed by atoms with van der Waals surface area (Å²) in [5.74, 6) is 1.22. The van der Waals surface area contributed by atoms with Crippen LogP contribution in [0.2, 0.25) is 0 Å². The predicted molar refractivity (Wildman–Crippen MR) is 83.9 cm³/mol. The first-order valence-corrected chi connectivity index (χ1v) is 7.85. The smallest absolute Gasteiger partial charge is 0.251 e. The van der Waals surface area contributed by atoms with Crippen LogP contribution in [-0.2, 0) is 9.59 Å². The minimum atomic E-state index is -0.290. The Balaban J connectivity index is 1.76. The molecule has 2 saturated heterocycles. The van der Waals surface area contributed by atoms with Crippen LogP contribution in [0.15, 0.2) is 24.3 Å². The lowest BCUT2D eigenvalue weighted by Gasteiger charge is -2.33. The van der Waals surface area contributed by atoms with E-state index in [0.717, 1.165) is 25.9 Å². The molecule has 0 spiro atoms. The fourth-order valence-corrected chi connectivity index (χ4v) is 3.24. The zero-order valence-corrected chi connectivity index (χ0v) is 13.1. The van der Waals surface area contributed by atoms with Gasteiger partial charge in [-0.3, -0.25) is 14.5 Å². The molecule has 2 fully saturated rings. The number of likely N-dealkylation sites (tertiary alicyclic amines) is 1. The molecule has 5 nitrogen and oxygen atoms in total. The first kappa shape index (κ1) is 15.0. The van der Waals surface area contributed by atoms with E-state index in [2.05, 4.69) is 11.8 Å². The molecule has 1 atom stereocenters. The molecule has 0 aromatic heterocycles. The molecular formula is C17H22N2O3. The van der Waals surface area contributed by atoms with E-state index in [9.17, 15) is 9.59 Å². The number of ether oxygens (including phenoxy) is 1. The highest BCUT2D eigenvalue weighted by Crippen LogP contribution is 2.29. The van der Waals surface area contributed by atoms with E-state index in [1.165, 1.54) is 4.90 Å². The Labute approximate surface area is 130 Å². The number of carbonyl (C=O) groups excluding carboxylic acids is 2. The van der Waals surface area contributed by atoms with Crippen LogP contribution in [0.1, 0.15) is 26.2 Å². The van der Waals surface area contributed by atoms with E-state index in [1.54, 1.807) is 31.4 Å². The Hall–Kier alpha value is -1.88. The molecular weight excluding hydrogens is 280 g/mol. The number of hydrogen-bond donors (Lipinski definition) is 0. The number of rotatable bonds is 3. The number of piperidine rings is 1. The third-order valence-electron chi connectivity index (χ3n) is 4.71. The highest BCUT2D eigenvalue weighted by Gasteiger charge is 2.43. The lowest BCUT2D eigenvalue weighted by atomic mass is 9.97. The number of amides is 2. The van der Waals surface area contributed by atoms with Crippen LogP contribution in [0, 0.1) is 5.92 Å². The zero-order valence-electron chi connectivity index (χ0n) is 13.1. The van der Waals surface area contributed by atoms with Gasteiger partial charge in [-0.25, -0.2) is 4.90 Å². The first-order valence-electron chi connectivity index (χ1n) is 7.85. The van der Waals surface area contributed by atoms with Gasteiger partial charge < -0.3 is 4.74 Å². The minimum Gasteiger partial charge on any atom is -0.497 e. The van der Waals surface area contributed by atoms with E-state index < -0.39 is 0 Å². The first-order chi connectivity index (χ1) is 10.6. The van der Waals surface area contributed by atoms with E-state index in [4.69, 9.17) is 4.74 Å². The van der Waals surface area contributed by atoms with E-state index in [0.29, 0.717) is 23.8 Å². The average molecular weight is 302 g/mol. The van der Waals surface area contributed by atoms with Gasteiger partial charge in [-0.1, -0.05) is 6.92 Å². The lowest BCUT2D eigenvalue weighted by Crippen LogP contribution is -2.45. The molecule has 1 aromatic carbocycles. The van der Waals surface area contributed by atoms with Crippen LogP contribution in [0.4, 0.5) is 5.69 Å². The van der Waals surface area contributed by atoms with Gasteiger partial charge in [0.25, 0.3) is 5.91 Å². The maximum atomic E-state index is 12.7. The van der Waals surface area contributed by atoms with Gasteiger partial charge in [-0.05, 0) is 56.1 Å². The van der Waals surface area contributed by atoms with Crippen molar-refractivity contribution in [1.82, 2.24) is 4.90 Å². The second-order valence-electron chi connectivity index (χ2n) is 6.20. The molecule has 0 radical (unpaired) electrons. The molecule has 22 heavy (non-hydrogen) atoms. The molecule has 0 N–H and O–H groups in total. The number of methoxy groups -OCH3 is 1. The number of nitrogens with zero attached hydrogens (tertiary/aromatic N) is 2. The van der Waals surface area contributed by atoms with Crippen molar-refractivity contribution < 1.29 is 14.3 Å². The van der Waals surface area contributed by atoms with Gasteiger partial charge in [0.1, 0.15) is 5.75 Å². The summed E-state index contributed by atoms with van der Waals surface area (Å²) in [5.41, 5.74) is 0.628. The molecule has 2 aliphatic heterocycles. The Bertz CT molecular complexity index is 562. The molecule has 0 bridgehead atoms. The Morgan fingerprint density at radius 3 is 2.32 bits per heavy atom. The monoisotopic (exact) mass is 302 g/mol. The van der Waals surface area contributed by atoms with Crippen molar-refractivity contribution in [1.29, 1.82) is 0 Å². The molecule has 0 saturated carbocycles. The van der Waals surface area contributed by atoms with Crippen molar-refractivity contribution in [3.8, 4) is 5.75 Å². The molecule has 1 unspecified atom stereocenters. The quantitative estimate of drug-likeness (QED) is 0.802. The van der Waals surface area contributed by atoms with E-state index in [-0.39, 0.29) is 17.9 Å². The second kappa shape index (κ2) is 6.08. The van der Waals surface area contributed by atoms with Crippen molar-refractivity contribution >= 4 is 17.5 Å². The summed E-state index contributed by atoms with van der Waals surface area (Å²) in [7, 11) is 1.59. The van der Waals surface area contributed by atoms with Crippen molar-refractivity contribution in [2.45, 2.75) is 32.2 Å². The highest BCUT2D eigenvalue weighted by atomic mass is 16.5. The van der Waals surface area contributed by atoms with Gasteiger partial charge in [0.05, 0.1) is 25.3 Å². The highest BCUT2D eigenvalue weighted by molar-refractivity contribution is 6.22. The number of anilines is 1. The SMILES string of the molecule is COc1ccc(N2C(=O)CC(N3CCC(C)CC3)C2=O)cc1. The molecule has 3 rings (SSSR count). The standard InChI is InChI=1S/C17H22N2O3/c1-12-7-9-18(10-8-12)15-11-16(20)19(17(15)21)13-3-5-14(22-2)6-4-13/h3-6,12,15H,7-11H2,1-2H3. The van der Waals surface area contributed by atoms with Gasteiger partial charge in [0, 0.05) is 0 Å². The van der Waals surface area contributed by atoms with Crippen LogP contribution in [0.3, 0.4) is 0 Å². The van der Waals surface area contributed by atoms with Gasteiger partial charge in [0.15, 0.2) is 0 Å². The molecule has 5 heteroatoms. The third-order valence-corrected chi connectivity index (χ3v) is 4.71. The zero-order chi connectivity index (χ0) is 15.7. The minimum absolute atomic E-state index is 0.0929. The fourth-order valence-electron chi connectivity index (χ4n) is 3.24. The van der Waals surface area contributed by atoms with Gasteiger partial charge in [0.2, 0.25) is 5.91 Å². The van der Waals surface area contributed by atoms with Crippen LogP contribution < -0.4 is 9.64 Å². The number of carbonyl (C=O) groups is 2. The average Bonchev–Trinajstić information content (AvgIpc) is 2.83. The van der Waals surface area contributed by atoms with Crippen molar-refractivity contribution in [2.24, 2.45) is 5.92 Å². The molecule has 0 aliphatic carbocycles. The maximum absolute atomic E-state index is 12.7. The normalized spacial score (nSPS) is 24.1. The van der Waals surface area contributed by atoms with Crippen molar-refractivity contribution in [3.63, 3.8) is 0 Å². The summed E-state index contributed by atoms with van der Waals surface area (Å²) in [6, 6.07) is 6.77. The topological polar surface area (TPSA) is 49.9 Å². The van der Waals surface area contributed by atoms with Gasteiger partial charge >= 0.3 is 0 Å². The molecule has 2 aliphatic rings. The van der Waals surface area contributed by atoms with Crippen molar-refractivity contribution in [2.75, 3.05) is 25.1 Å².